The fourth-order valence-electron chi connectivity index (χ4n) is 4.99. The van der Waals surface area contributed by atoms with Crippen molar-refractivity contribution in [2.24, 2.45) is 0 Å². The molecule has 0 saturated heterocycles. The largest absolute Gasteiger partial charge is 0.359 e. The van der Waals surface area contributed by atoms with Crippen LogP contribution in [0.1, 0.15) is 39.0 Å². The molecule has 3 aromatic heterocycles. The van der Waals surface area contributed by atoms with Gasteiger partial charge < -0.3 is 14.6 Å². The highest BCUT2D eigenvalue weighted by atomic mass is 16.1. The first-order valence-electron chi connectivity index (χ1n) is 10.9. The number of aromatic nitrogens is 6. The first-order chi connectivity index (χ1) is 15.2. The Kier molecular flexibility index (Phi) is 5.09. The van der Waals surface area contributed by atoms with Gasteiger partial charge in [0.1, 0.15) is 24.5 Å². The lowest BCUT2D eigenvalue weighted by Gasteiger charge is -2.48. The molecule has 5 rings (SSSR count). The van der Waals surface area contributed by atoms with Crippen LogP contribution >= 0.6 is 0 Å². The van der Waals surface area contributed by atoms with E-state index in [1.807, 2.05) is 28.9 Å². The van der Waals surface area contributed by atoms with Gasteiger partial charge in [0.2, 0.25) is 5.95 Å². The topological polar surface area (TPSA) is 92.9 Å². The Morgan fingerprint density at radius 3 is 2.61 bits per heavy atom. The van der Waals surface area contributed by atoms with E-state index in [1.165, 1.54) is 19.2 Å². The average molecular weight is 419 g/mol. The lowest BCUT2D eigenvalue weighted by Crippen LogP contribution is -2.58. The number of nitrogens with zero attached hydrogens (tertiary/aromatic N) is 8. The van der Waals surface area contributed by atoms with E-state index < -0.39 is 0 Å². The number of hydrogen-bond acceptors (Lipinski definition) is 8. The zero-order chi connectivity index (χ0) is 21.4. The van der Waals surface area contributed by atoms with Gasteiger partial charge in [-0.05, 0) is 19.3 Å². The molecule has 1 aliphatic carbocycles. The molecule has 160 valence electrons. The SMILES string of the molecule is CCC1C(C=O)N(C)c2cnc(-n3ccnc3-c3cncnc3)nc2N1C1CCCC1. The zero-order valence-electron chi connectivity index (χ0n) is 17.8. The van der Waals surface area contributed by atoms with Crippen molar-refractivity contribution in [3.63, 3.8) is 0 Å². The molecule has 2 unspecified atom stereocenters. The van der Waals surface area contributed by atoms with Gasteiger partial charge in [-0.1, -0.05) is 19.8 Å². The number of carbonyl (C=O) groups is 1. The van der Waals surface area contributed by atoms with Gasteiger partial charge in [0, 0.05) is 37.9 Å². The fraction of sp³-hybridized carbons (Fsp3) is 0.455. The second-order valence-electron chi connectivity index (χ2n) is 8.19. The quantitative estimate of drug-likeness (QED) is 0.584. The predicted molar refractivity (Wildman–Crippen MR) is 117 cm³/mol. The summed E-state index contributed by atoms with van der Waals surface area (Å²) in [6.45, 7) is 2.15. The van der Waals surface area contributed by atoms with Gasteiger partial charge in [0.15, 0.2) is 5.82 Å². The van der Waals surface area contributed by atoms with E-state index in [1.54, 1.807) is 18.6 Å². The number of rotatable bonds is 5. The summed E-state index contributed by atoms with van der Waals surface area (Å²) in [5.41, 5.74) is 1.69. The second kappa shape index (κ2) is 8.05. The number of imidazole rings is 1. The van der Waals surface area contributed by atoms with Gasteiger partial charge in [0.05, 0.1) is 23.5 Å². The van der Waals surface area contributed by atoms with Gasteiger partial charge in [0.25, 0.3) is 0 Å². The van der Waals surface area contributed by atoms with E-state index in [9.17, 15) is 4.79 Å². The third-order valence-electron chi connectivity index (χ3n) is 6.51. The van der Waals surface area contributed by atoms with Crippen LogP contribution in [0.2, 0.25) is 0 Å². The smallest absolute Gasteiger partial charge is 0.237 e. The van der Waals surface area contributed by atoms with Gasteiger partial charge in [-0.15, -0.1) is 0 Å². The summed E-state index contributed by atoms with van der Waals surface area (Å²) in [6.07, 6.45) is 17.0. The Morgan fingerprint density at radius 1 is 1.13 bits per heavy atom. The Hall–Kier alpha value is -3.36. The first-order valence-corrected chi connectivity index (χ1v) is 10.9. The summed E-state index contributed by atoms with van der Waals surface area (Å²) >= 11 is 0. The standard InChI is InChI=1S/C22H26N8O/c1-3-17-19(13-31)28(2)18-12-26-22(27-21(18)30(17)16-6-4-5-7-16)29-9-8-25-20(29)15-10-23-14-24-11-15/h8-14,16-17,19H,3-7H2,1-2H3. The van der Waals surface area contributed by atoms with Crippen molar-refractivity contribution < 1.29 is 4.79 Å². The highest BCUT2D eigenvalue weighted by molar-refractivity contribution is 5.79. The van der Waals surface area contributed by atoms with Gasteiger partial charge in [-0.25, -0.2) is 19.9 Å². The molecule has 1 saturated carbocycles. The molecule has 0 aromatic carbocycles. The minimum absolute atomic E-state index is 0.0885. The van der Waals surface area contributed by atoms with Crippen LogP contribution in [0.25, 0.3) is 17.3 Å². The zero-order valence-corrected chi connectivity index (χ0v) is 17.8. The van der Waals surface area contributed by atoms with Crippen molar-refractivity contribution in [1.29, 1.82) is 0 Å². The van der Waals surface area contributed by atoms with Gasteiger partial charge in [-0.3, -0.25) is 4.57 Å². The molecule has 9 heteroatoms. The Balaban J connectivity index is 1.63. The van der Waals surface area contributed by atoms with Crippen molar-refractivity contribution in [3.8, 4) is 17.3 Å². The number of likely N-dealkylation sites (N-methyl/N-ethyl adjacent to an activating group) is 1. The monoisotopic (exact) mass is 418 g/mol. The molecule has 1 aliphatic heterocycles. The maximum atomic E-state index is 12.0. The lowest BCUT2D eigenvalue weighted by molar-refractivity contribution is -0.109. The van der Waals surface area contributed by atoms with Crippen molar-refractivity contribution in [1.82, 2.24) is 29.5 Å². The number of aldehydes is 1. The van der Waals surface area contributed by atoms with Crippen LogP contribution in [0.4, 0.5) is 11.5 Å². The van der Waals surface area contributed by atoms with Crippen LogP contribution in [0.15, 0.2) is 37.3 Å². The second-order valence-corrected chi connectivity index (χ2v) is 8.19. The summed E-state index contributed by atoms with van der Waals surface area (Å²) in [5.74, 6) is 2.13. The molecule has 0 bridgehead atoms. The van der Waals surface area contributed by atoms with Crippen molar-refractivity contribution in [2.75, 3.05) is 16.8 Å². The highest BCUT2D eigenvalue weighted by Crippen LogP contribution is 2.41. The van der Waals surface area contributed by atoms with E-state index in [2.05, 4.69) is 31.8 Å². The number of anilines is 2. The summed E-state index contributed by atoms with van der Waals surface area (Å²) < 4.78 is 1.86. The molecule has 0 amide bonds. The maximum Gasteiger partial charge on any atom is 0.237 e. The van der Waals surface area contributed by atoms with Crippen molar-refractivity contribution in [2.45, 2.75) is 57.2 Å². The Morgan fingerprint density at radius 2 is 1.90 bits per heavy atom. The van der Waals surface area contributed by atoms with Gasteiger partial charge in [-0.2, -0.15) is 4.98 Å². The first kappa shape index (κ1) is 19.6. The van der Waals surface area contributed by atoms with E-state index in [0.29, 0.717) is 17.8 Å². The average Bonchev–Trinajstić information content (AvgIpc) is 3.51. The minimum Gasteiger partial charge on any atom is -0.359 e. The van der Waals surface area contributed by atoms with Crippen LogP contribution in [0, 0.1) is 0 Å². The van der Waals surface area contributed by atoms with Crippen LogP contribution in [-0.4, -0.2) is 60.9 Å². The minimum atomic E-state index is -0.210. The predicted octanol–water partition coefficient (Wildman–Crippen LogP) is 2.66. The maximum absolute atomic E-state index is 12.0. The van der Waals surface area contributed by atoms with Crippen LogP contribution in [0.5, 0.6) is 0 Å². The highest BCUT2D eigenvalue weighted by Gasteiger charge is 2.41. The van der Waals surface area contributed by atoms with E-state index >= 15 is 0 Å². The summed E-state index contributed by atoms with van der Waals surface area (Å²) in [7, 11) is 1.96. The summed E-state index contributed by atoms with van der Waals surface area (Å²) in [6, 6.07) is 0.274. The number of fused-ring (bicyclic) bond motifs is 1. The molecule has 1 fully saturated rings. The third-order valence-corrected chi connectivity index (χ3v) is 6.51. The normalized spacial score (nSPS) is 21.4. The third kappa shape index (κ3) is 3.24. The molecule has 3 aromatic rings. The summed E-state index contributed by atoms with van der Waals surface area (Å²) in [5, 5.41) is 0. The number of carbonyl (C=O) groups excluding carboxylic acids is 1. The molecule has 0 N–H and O–H groups in total. The van der Waals surface area contributed by atoms with Crippen molar-refractivity contribution >= 4 is 17.8 Å². The molecule has 31 heavy (non-hydrogen) atoms. The van der Waals surface area contributed by atoms with Crippen LogP contribution in [0.3, 0.4) is 0 Å². The summed E-state index contributed by atoms with van der Waals surface area (Å²) in [4.78, 5) is 38.8. The van der Waals surface area contributed by atoms with E-state index in [4.69, 9.17) is 4.98 Å². The van der Waals surface area contributed by atoms with E-state index in [-0.39, 0.29) is 12.1 Å². The fourth-order valence-corrected chi connectivity index (χ4v) is 4.99. The molecule has 9 nitrogen and oxygen atoms in total. The Labute approximate surface area is 181 Å². The molecular weight excluding hydrogens is 392 g/mol. The molecule has 2 aliphatic rings. The number of hydrogen-bond donors (Lipinski definition) is 0. The van der Waals surface area contributed by atoms with Crippen molar-refractivity contribution in [3.05, 3.63) is 37.3 Å². The molecule has 0 spiro atoms. The molecule has 2 atom stereocenters. The molecule has 0 radical (unpaired) electrons. The molecule has 4 heterocycles. The molecular formula is C22H26N8O. The Bertz CT molecular complexity index is 1060. The van der Waals surface area contributed by atoms with E-state index in [0.717, 1.165) is 42.6 Å². The van der Waals surface area contributed by atoms with Gasteiger partial charge >= 0.3 is 0 Å². The lowest BCUT2D eigenvalue weighted by atomic mass is 9.97. The van der Waals surface area contributed by atoms with Crippen LogP contribution < -0.4 is 9.80 Å². The van der Waals surface area contributed by atoms with Crippen LogP contribution in [-0.2, 0) is 4.79 Å².